The fraction of sp³-hybridized carbons (Fsp3) is 0.667. The average Bonchev–Trinajstić information content (AvgIpc) is 3.09. The van der Waals surface area contributed by atoms with Gasteiger partial charge in [0.1, 0.15) is 5.69 Å². The van der Waals surface area contributed by atoms with Gasteiger partial charge in [0.15, 0.2) is 0 Å². The minimum atomic E-state index is 0.0776. The smallest absolute Gasteiger partial charge is 0.268 e. The second-order valence-electron chi connectivity index (χ2n) is 6.00. The van der Waals surface area contributed by atoms with Crippen LogP contribution in [-0.4, -0.2) is 54.6 Å². The predicted molar refractivity (Wildman–Crippen MR) is 78.9 cm³/mol. The largest absolute Gasteiger partial charge is 0.347 e. The van der Waals surface area contributed by atoms with Crippen molar-refractivity contribution >= 4 is 5.91 Å². The van der Waals surface area contributed by atoms with Crippen molar-refractivity contribution in [3.63, 3.8) is 0 Å². The third kappa shape index (κ3) is 2.88. The van der Waals surface area contributed by atoms with E-state index in [1.165, 1.54) is 0 Å². The van der Waals surface area contributed by atoms with Crippen molar-refractivity contribution in [1.82, 2.24) is 20.1 Å². The van der Waals surface area contributed by atoms with E-state index in [2.05, 4.69) is 27.1 Å². The van der Waals surface area contributed by atoms with E-state index in [0.29, 0.717) is 12.1 Å². The summed E-state index contributed by atoms with van der Waals surface area (Å²) in [6, 6.07) is 4.68. The lowest BCUT2D eigenvalue weighted by Crippen LogP contribution is -2.38. The summed E-state index contributed by atoms with van der Waals surface area (Å²) in [6.07, 6.45) is 5.30. The third-order valence-electron chi connectivity index (χ3n) is 4.44. The van der Waals surface area contributed by atoms with Gasteiger partial charge in [0.25, 0.3) is 5.91 Å². The molecular formula is C15H24N4O. The molecule has 2 saturated heterocycles. The van der Waals surface area contributed by atoms with Crippen LogP contribution < -0.4 is 10.6 Å². The highest BCUT2D eigenvalue weighted by Gasteiger charge is 2.24. The van der Waals surface area contributed by atoms with Crippen molar-refractivity contribution in [1.29, 1.82) is 0 Å². The van der Waals surface area contributed by atoms with Gasteiger partial charge in [0, 0.05) is 24.8 Å². The summed E-state index contributed by atoms with van der Waals surface area (Å²) in [5, 5.41) is 6.54. The molecule has 5 heteroatoms. The number of likely N-dealkylation sites (tertiary alicyclic amines) is 1. The summed E-state index contributed by atoms with van der Waals surface area (Å²) in [7, 11) is 2.10. The van der Waals surface area contributed by atoms with Crippen LogP contribution in [0.25, 0.3) is 0 Å². The molecule has 0 spiro atoms. The van der Waals surface area contributed by atoms with Crippen molar-refractivity contribution in [2.45, 2.75) is 31.3 Å². The molecule has 2 aliphatic heterocycles. The number of hydrogen-bond donors (Lipinski definition) is 2. The Morgan fingerprint density at radius 2 is 2.15 bits per heavy atom. The molecule has 3 rings (SSSR count). The molecule has 0 aliphatic carbocycles. The van der Waals surface area contributed by atoms with Crippen molar-refractivity contribution in [2.75, 3.05) is 33.2 Å². The van der Waals surface area contributed by atoms with Gasteiger partial charge >= 0.3 is 0 Å². The van der Waals surface area contributed by atoms with Crippen LogP contribution in [0.3, 0.4) is 0 Å². The Balaban J connectivity index is 1.67. The van der Waals surface area contributed by atoms with Crippen LogP contribution in [-0.2, 0) is 0 Å². The Morgan fingerprint density at radius 3 is 2.85 bits per heavy atom. The maximum Gasteiger partial charge on any atom is 0.268 e. The molecule has 20 heavy (non-hydrogen) atoms. The molecule has 0 bridgehead atoms. The number of piperidine rings is 1. The van der Waals surface area contributed by atoms with Gasteiger partial charge in [-0.3, -0.25) is 4.79 Å². The maximum atomic E-state index is 12.5. The first-order valence-electron chi connectivity index (χ1n) is 7.61. The van der Waals surface area contributed by atoms with Crippen molar-refractivity contribution in [3.8, 4) is 0 Å². The number of hydrogen-bond acceptors (Lipinski definition) is 3. The number of amides is 1. The van der Waals surface area contributed by atoms with Crippen molar-refractivity contribution in [3.05, 3.63) is 24.0 Å². The van der Waals surface area contributed by atoms with E-state index in [-0.39, 0.29) is 5.91 Å². The highest BCUT2D eigenvalue weighted by Crippen LogP contribution is 2.21. The van der Waals surface area contributed by atoms with E-state index in [1.54, 1.807) is 0 Å². The number of nitrogens with zero attached hydrogens (tertiary/aromatic N) is 2. The van der Waals surface area contributed by atoms with E-state index in [9.17, 15) is 4.79 Å². The zero-order valence-corrected chi connectivity index (χ0v) is 12.1. The van der Waals surface area contributed by atoms with Gasteiger partial charge in [-0.2, -0.15) is 0 Å². The van der Waals surface area contributed by atoms with Crippen LogP contribution >= 0.6 is 0 Å². The average molecular weight is 276 g/mol. The quantitative estimate of drug-likeness (QED) is 0.860. The molecule has 2 fully saturated rings. The molecule has 0 aromatic carbocycles. The topological polar surface area (TPSA) is 49.3 Å². The second-order valence-corrected chi connectivity index (χ2v) is 6.00. The normalized spacial score (nSPS) is 24.9. The van der Waals surface area contributed by atoms with Gasteiger partial charge in [-0.1, -0.05) is 0 Å². The predicted octanol–water partition coefficient (Wildman–Crippen LogP) is 0.846. The van der Waals surface area contributed by atoms with Gasteiger partial charge < -0.3 is 20.1 Å². The summed E-state index contributed by atoms with van der Waals surface area (Å²) >= 11 is 0. The summed E-state index contributed by atoms with van der Waals surface area (Å²) < 4.78 is 2.16. The monoisotopic (exact) mass is 276 g/mol. The Morgan fingerprint density at radius 1 is 1.35 bits per heavy atom. The van der Waals surface area contributed by atoms with Crippen LogP contribution in [0, 0.1) is 0 Å². The first kappa shape index (κ1) is 13.6. The Hall–Kier alpha value is -1.33. The second kappa shape index (κ2) is 5.97. The Kier molecular flexibility index (Phi) is 4.08. The summed E-state index contributed by atoms with van der Waals surface area (Å²) in [5.74, 6) is 0.0776. The number of nitrogens with one attached hydrogen (secondary N) is 2. The Labute approximate surface area is 120 Å². The maximum absolute atomic E-state index is 12.5. The molecular weight excluding hydrogens is 252 g/mol. The molecule has 2 N–H and O–H groups in total. The SMILES string of the molecule is CN1CCC(NC(=O)c2cccn2C2CCNCC2)C1. The van der Waals surface area contributed by atoms with Gasteiger partial charge in [0.2, 0.25) is 0 Å². The van der Waals surface area contributed by atoms with E-state index >= 15 is 0 Å². The lowest BCUT2D eigenvalue weighted by atomic mass is 10.1. The number of likely N-dealkylation sites (N-methyl/N-ethyl adjacent to an activating group) is 1. The molecule has 0 radical (unpaired) electrons. The number of carbonyl (C=O) groups is 1. The van der Waals surface area contributed by atoms with E-state index < -0.39 is 0 Å². The standard InChI is InChI=1S/C15H24N4O/c1-18-10-6-12(11-18)17-15(20)14-3-2-9-19(14)13-4-7-16-8-5-13/h2-3,9,12-13,16H,4-8,10-11H2,1H3,(H,17,20). The van der Waals surface area contributed by atoms with Gasteiger partial charge in [-0.25, -0.2) is 0 Å². The summed E-state index contributed by atoms with van der Waals surface area (Å²) in [6.45, 7) is 4.11. The molecule has 3 heterocycles. The molecule has 1 aromatic rings. The fourth-order valence-corrected chi connectivity index (χ4v) is 3.30. The van der Waals surface area contributed by atoms with E-state index in [1.807, 2.05) is 18.3 Å². The van der Waals surface area contributed by atoms with Gasteiger partial charge in [-0.05, 0) is 58.1 Å². The van der Waals surface area contributed by atoms with Gasteiger partial charge in [-0.15, -0.1) is 0 Å². The molecule has 5 nitrogen and oxygen atoms in total. The van der Waals surface area contributed by atoms with Crippen molar-refractivity contribution < 1.29 is 4.79 Å². The lowest BCUT2D eigenvalue weighted by molar-refractivity contribution is 0.0925. The Bertz CT molecular complexity index is 464. The van der Waals surface area contributed by atoms with E-state index in [4.69, 9.17) is 0 Å². The highest BCUT2D eigenvalue weighted by atomic mass is 16.2. The highest BCUT2D eigenvalue weighted by molar-refractivity contribution is 5.93. The van der Waals surface area contributed by atoms with Crippen LogP contribution in [0.5, 0.6) is 0 Å². The van der Waals surface area contributed by atoms with Crippen LogP contribution in [0.15, 0.2) is 18.3 Å². The minimum absolute atomic E-state index is 0.0776. The molecule has 1 atom stereocenters. The van der Waals surface area contributed by atoms with Crippen molar-refractivity contribution in [2.24, 2.45) is 0 Å². The van der Waals surface area contributed by atoms with Crippen LogP contribution in [0.1, 0.15) is 35.8 Å². The molecule has 1 aromatic heterocycles. The molecule has 1 amide bonds. The zero-order chi connectivity index (χ0) is 13.9. The zero-order valence-electron chi connectivity index (χ0n) is 12.1. The number of carbonyl (C=O) groups excluding carboxylic acids is 1. The first-order valence-corrected chi connectivity index (χ1v) is 7.61. The summed E-state index contributed by atoms with van der Waals surface area (Å²) in [4.78, 5) is 14.7. The fourth-order valence-electron chi connectivity index (χ4n) is 3.30. The third-order valence-corrected chi connectivity index (χ3v) is 4.44. The van der Waals surface area contributed by atoms with Gasteiger partial charge in [0.05, 0.1) is 0 Å². The van der Waals surface area contributed by atoms with Crippen LogP contribution in [0.2, 0.25) is 0 Å². The molecule has 110 valence electrons. The lowest BCUT2D eigenvalue weighted by Gasteiger charge is -2.26. The number of aromatic nitrogens is 1. The van der Waals surface area contributed by atoms with Crippen LogP contribution in [0.4, 0.5) is 0 Å². The molecule has 1 unspecified atom stereocenters. The van der Waals surface area contributed by atoms with E-state index in [0.717, 1.165) is 51.1 Å². The molecule has 2 aliphatic rings. The molecule has 0 saturated carbocycles. The number of rotatable bonds is 3. The first-order chi connectivity index (χ1) is 9.74. The summed E-state index contributed by atoms with van der Waals surface area (Å²) in [5.41, 5.74) is 0.812. The minimum Gasteiger partial charge on any atom is -0.347 e.